The molecular weight excluding hydrogens is 465 g/mol. The van der Waals surface area contributed by atoms with E-state index in [1.807, 2.05) is 18.2 Å². The van der Waals surface area contributed by atoms with Crippen molar-refractivity contribution in [1.82, 2.24) is 10.2 Å². The van der Waals surface area contributed by atoms with E-state index in [-0.39, 0.29) is 29.4 Å². The van der Waals surface area contributed by atoms with Crippen LogP contribution in [0.15, 0.2) is 23.2 Å². The summed E-state index contributed by atoms with van der Waals surface area (Å²) >= 11 is 1.56. The summed E-state index contributed by atoms with van der Waals surface area (Å²) in [5, 5.41) is 13.3. The minimum absolute atomic E-state index is 0. The van der Waals surface area contributed by atoms with E-state index in [0.29, 0.717) is 31.5 Å². The Morgan fingerprint density at radius 2 is 1.96 bits per heavy atom. The van der Waals surface area contributed by atoms with Crippen molar-refractivity contribution in [2.24, 2.45) is 10.7 Å². The molecule has 0 aliphatic carbocycles. The van der Waals surface area contributed by atoms with Gasteiger partial charge in [-0.3, -0.25) is 0 Å². The molecule has 0 saturated carbocycles. The van der Waals surface area contributed by atoms with Crippen molar-refractivity contribution in [2.75, 3.05) is 18.5 Å². The highest BCUT2D eigenvalue weighted by atomic mass is 127. The number of anilines is 1. The maximum atomic E-state index is 5.98. The van der Waals surface area contributed by atoms with E-state index in [4.69, 9.17) is 15.2 Å². The van der Waals surface area contributed by atoms with E-state index >= 15 is 0 Å². The molecule has 9 heteroatoms. The average Bonchev–Trinajstić information content (AvgIpc) is 2.92. The number of aromatic nitrogens is 2. The van der Waals surface area contributed by atoms with E-state index in [1.165, 1.54) is 0 Å². The van der Waals surface area contributed by atoms with Gasteiger partial charge in [0.2, 0.25) is 0 Å². The van der Waals surface area contributed by atoms with Gasteiger partial charge in [0.05, 0.1) is 19.8 Å². The zero-order valence-corrected chi connectivity index (χ0v) is 18.3. The second-order valence-electron chi connectivity index (χ2n) is 6.79. The summed E-state index contributed by atoms with van der Waals surface area (Å²) in [5.74, 6) is 1.79. The number of aliphatic imine (C=N–C) groups is 1. The van der Waals surface area contributed by atoms with Crippen LogP contribution in [0.1, 0.15) is 37.2 Å². The Morgan fingerprint density at radius 1 is 1.23 bits per heavy atom. The molecule has 7 nitrogen and oxygen atoms in total. The number of fused-ring (bicyclic) bond motifs is 1. The lowest BCUT2D eigenvalue weighted by Gasteiger charge is -2.12. The third kappa shape index (κ3) is 5.44. The fourth-order valence-corrected chi connectivity index (χ4v) is 3.02. The SMILES string of the molecule is CC(C)(C)c1nnc(CN=C(N)Nc2ccc3c(c2)OCCCO3)s1.I. The summed E-state index contributed by atoms with van der Waals surface area (Å²) in [6.45, 7) is 8.05. The molecule has 1 aromatic heterocycles. The molecule has 142 valence electrons. The fourth-order valence-electron chi connectivity index (χ4n) is 2.20. The molecule has 26 heavy (non-hydrogen) atoms. The van der Waals surface area contributed by atoms with Crippen molar-refractivity contribution in [2.45, 2.75) is 39.2 Å². The first kappa shape index (κ1) is 20.7. The van der Waals surface area contributed by atoms with Crippen molar-refractivity contribution in [3.8, 4) is 11.5 Å². The first-order valence-corrected chi connectivity index (χ1v) is 9.03. The lowest BCUT2D eigenvalue weighted by Crippen LogP contribution is -2.22. The number of benzene rings is 1. The lowest BCUT2D eigenvalue weighted by molar-refractivity contribution is 0.297. The number of ether oxygens (including phenoxy) is 2. The van der Waals surface area contributed by atoms with Crippen molar-refractivity contribution in [1.29, 1.82) is 0 Å². The second kappa shape index (κ2) is 8.85. The van der Waals surface area contributed by atoms with Crippen LogP contribution in [0.25, 0.3) is 0 Å². The predicted molar refractivity (Wildman–Crippen MR) is 115 cm³/mol. The van der Waals surface area contributed by atoms with Crippen LogP contribution in [0.4, 0.5) is 5.69 Å². The highest BCUT2D eigenvalue weighted by Crippen LogP contribution is 2.32. The molecule has 0 spiro atoms. The number of nitrogens with two attached hydrogens (primary N) is 1. The minimum Gasteiger partial charge on any atom is -0.490 e. The Kier molecular flexibility index (Phi) is 7.04. The Hall–Kier alpha value is -1.62. The Morgan fingerprint density at radius 3 is 2.65 bits per heavy atom. The van der Waals surface area contributed by atoms with Crippen LogP contribution in [0, 0.1) is 0 Å². The van der Waals surface area contributed by atoms with Gasteiger partial charge in [0.25, 0.3) is 0 Å². The van der Waals surface area contributed by atoms with Gasteiger partial charge in [0.15, 0.2) is 17.5 Å². The van der Waals surface area contributed by atoms with Gasteiger partial charge in [0.1, 0.15) is 10.0 Å². The minimum atomic E-state index is -0.00661. The number of guanidine groups is 1. The number of hydrogen-bond acceptors (Lipinski definition) is 6. The third-order valence-corrected chi connectivity index (χ3v) is 4.85. The predicted octanol–water partition coefficient (Wildman–Crippen LogP) is 3.54. The Balaban J connectivity index is 0.00000243. The van der Waals surface area contributed by atoms with Crippen molar-refractivity contribution < 1.29 is 9.47 Å². The van der Waals surface area contributed by atoms with Gasteiger partial charge in [0, 0.05) is 23.6 Å². The molecule has 0 atom stereocenters. The summed E-state index contributed by atoms with van der Waals surface area (Å²) in [4.78, 5) is 4.33. The summed E-state index contributed by atoms with van der Waals surface area (Å²) in [6.07, 6.45) is 0.874. The van der Waals surface area contributed by atoms with Gasteiger partial charge in [-0.05, 0) is 12.1 Å². The van der Waals surface area contributed by atoms with E-state index in [1.54, 1.807) is 11.3 Å². The number of halogens is 1. The quantitative estimate of drug-likeness (QED) is 0.389. The van der Waals surface area contributed by atoms with Gasteiger partial charge in [-0.1, -0.05) is 32.1 Å². The molecule has 1 aliphatic rings. The van der Waals surface area contributed by atoms with Crippen LogP contribution >= 0.6 is 35.3 Å². The molecule has 2 heterocycles. The summed E-state index contributed by atoms with van der Waals surface area (Å²) < 4.78 is 11.3. The number of nitrogens with one attached hydrogen (secondary N) is 1. The van der Waals surface area contributed by atoms with Crippen LogP contribution < -0.4 is 20.5 Å². The van der Waals surface area contributed by atoms with Crippen molar-refractivity contribution >= 4 is 47.0 Å². The summed E-state index contributed by atoms with van der Waals surface area (Å²) in [7, 11) is 0. The molecule has 0 saturated heterocycles. The van der Waals surface area contributed by atoms with Crippen LogP contribution in [-0.4, -0.2) is 29.4 Å². The van der Waals surface area contributed by atoms with Gasteiger partial charge in [-0.25, -0.2) is 4.99 Å². The molecule has 1 aromatic carbocycles. The Bertz CT molecular complexity index is 773. The molecule has 0 amide bonds. The Labute approximate surface area is 174 Å². The van der Waals surface area contributed by atoms with Gasteiger partial charge < -0.3 is 20.5 Å². The van der Waals surface area contributed by atoms with Gasteiger partial charge >= 0.3 is 0 Å². The van der Waals surface area contributed by atoms with E-state index in [0.717, 1.165) is 27.9 Å². The van der Waals surface area contributed by atoms with Gasteiger partial charge in [-0.2, -0.15) is 0 Å². The third-order valence-electron chi connectivity index (χ3n) is 3.51. The molecule has 0 radical (unpaired) electrons. The van der Waals surface area contributed by atoms with Crippen LogP contribution in [0.5, 0.6) is 11.5 Å². The first-order valence-electron chi connectivity index (χ1n) is 8.21. The smallest absolute Gasteiger partial charge is 0.193 e. The zero-order chi connectivity index (χ0) is 17.9. The summed E-state index contributed by atoms with van der Waals surface area (Å²) in [5.41, 5.74) is 6.77. The molecule has 3 N–H and O–H groups in total. The normalized spacial score (nSPS) is 14.3. The van der Waals surface area contributed by atoms with Crippen LogP contribution in [0.3, 0.4) is 0 Å². The first-order chi connectivity index (χ1) is 11.9. The number of nitrogens with zero attached hydrogens (tertiary/aromatic N) is 3. The lowest BCUT2D eigenvalue weighted by atomic mass is 9.98. The molecule has 0 bridgehead atoms. The monoisotopic (exact) mass is 489 g/mol. The highest BCUT2D eigenvalue weighted by molar-refractivity contribution is 14.0. The van der Waals surface area contributed by atoms with E-state index in [9.17, 15) is 0 Å². The number of hydrogen-bond donors (Lipinski definition) is 2. The van der Waals surface area contributed by atoms with Crippen LogP contribution in [0.2, 0.25) is 0 Å². The molecule has 0 fully saturated rings. The largest absolute Gasteiger partial charge is 0.490 e. The topological polar surface area (TPSA) is 94.7 Å². The standard InChI is InChI=1S/C17H23N5O2S.HI/c1-17(2,3)15-22-21-14(25-15)10-19-16(18)20-11-5-6-12-13(9-11)24-8-4-7-23-12;/h5-6,9H,4,7-8,10H2,1-3H3,(H3,18,19,20);1H. The van der Waals surface area contributed by atoms with Crippen molar-refractivity contribution in [3.05, 3.63) is 28.2 Å². The zero-order valence-electron chi connectivity index (χ0n) is 15.1. The maximum absolute atomic E-state index is 5.98. The fraction of sp³-hybridized carbons (Fsp3) is 0.471. The average molecular weight is 489 g/mol. The molecule has 3 rings (SSSR count). The molecule has 0 unspecified atom stereocenters. The summed E-state index contributed by atoms with van der Waals surface area (Å²) in [6, 6.07) is 5.63. The number of rotatable bonds is 3. The van der Waals surface area contributed by atoms with Gasteiger partial charge in [-0.15, -0.1) is 34.2 Å². The highest BCUT2D eigenvalue weighted by Gasteiger charge is 2.19. The molecule has 2 aromatic rings. The van der Waals surface area contributed by atoms with Crippen molar-refractivity contribution in [3.63, 3.8) is 0 Å². The maximum Gasteiger partial charge on any atom is 0.193 e. The van der Waals surface area contributed by atoms with Crippen LogP contribution in [-0.2, 0) is 12.0 Å². The molecular formula is C17H24IN5O2S. The second-order valence-corrected chi connectivity index (χ2v) is 7.85. The van der Waals surface area contributed by atoms with E-state index < -0.39 is 0 Å². The molecule has 1 aliphatic heterocycles. The van der Waals surface area contributed by atoms with E-state index in [2.05, 4.69) is 41.3 Å².